The maximum atomic E-state index is 13.6. The molecule has 1 aromatic carbocycles. The molecule has 1 heterocycles. The Morgan fingerprint density at radius 1 is 1.15 bits per heavy atom. The second-order valence-corrected chi connectivity index (χ2v) is 6.79. The molecular formula is C12H15ClF2N2O2S. The van der Waals surface area contributed by atoms with Gasteiger partial charge in [0, 0.05) is 38.6 Å². The SMILES string of the molecule is O=S(=O)(c1cc(F)ccc1F)N1CCN(CCCl)CC1. The Bertz CT molecular complexity index is 575. The molecule has 1 aliphatic heterocycles. The number of piperazine rings is 1. The van der Waals surface area contributed by atoms with Gasteiger partial charge in [-0.3, -0.25) is 4.90 Å². The van der Waals surface area contributed by atoms with Crippen molar-refractivity contribution in [1.29, 1.82) is 0 Å². The van der Waals surface area contributed by atoms with Crippen LogP contribution in [0.2, 0.25) is 0 Å². The molecule has 0 radical (unpaired) electrons. The highest BCUT2D eigenvalue weighted by molar-refractivity contribution is 7.89. The lowest BCUT2D eigenvalue weighted by molar-refractivity contribution is 0.197. The second-order valence-electron chi connectivity index (χ2n) is 4.51. The van der Waals surface area contributed by atoms with Gasteiger partial charge in [0.25, 0.3) is 0 Å². The Hall–Kier alpha value is -0.760. The number of hydrogen-bond acceptors (Lipinski definition) is 3. The van der Waals surface area contributed by atoms with Crippen molar-refractivity contribution in [2.24, 2.45) is 0 Å². The van der Waals surface area contributed by atoms with Crippen LogP contribution >= 0.6 is 11.6 Å². The Balaban J connectivity index is 2.18. The van der Waals surface area contributed by atoms with Crippen molar-refractivity contribution in [2.75, 3.05) is 38.6 Å². The molecule has 0 unspecified atom stereocenters. The molecule has 112 valence electrons. The fraction of sp³-hybridized carbons (Fsp3) is 0.500. The van der Waals surface area contributed by atoms with Gasteiger partial charge in [0.05, 0.1) is 0 Å². The average Bonchev–Trinajstić information content (AvgIpc) is 2.42. The summed E-state index contributed by atoms with van der Waals surface area (Å²) in [5.74, 6) is -1.23. The first-order valence-corrected chi connectivity index (χ1v) is 8.16. The lowest BCUT2D eigenvalue weighted by atomic mass is 10.3. The van der Waals surface area contributed by atoms with Crippen LogP contribution < -0.4 is 0 Å². The van der Waals surface area contributed by atoms with Gasteiger partial charge >= 0.3 is 0 Å². The lowest BCUT2D eigenvalue weighted by Crippen LogP contribution is -2.49. The minimum atomic E-state index is -3.99. The van der Waals surface area contributed by atoms with Crippen LogP contribution in [0.4, 0.5) is 8.78 Å². The highest BCUT2D eigenvalue weighted by Gasteiger charge is 2.30. The molecule has 0 aromatic heterocycles. The molecule has 0 atom stereocenters. The molecule has 0 spiro atoms. The molecule has 0 aliphatic carbocycles. The number of nitrogens with zero attached hydrogens (tertiary/aromatic N) is 2. The van der Waals surface area contributed by atoms with E-state index < -0.39 is 26.6 Å². The average molecular weight is 325 g/mol. The Morgan fingerprint density at radius 2 is 1.80 bits per heavy atom. The van der Waals surface area contributed by atoms with Gasteiger partial charge in [-0.25, -0.2) is 17.2 Å². The quantitative estimate of drug-likeness (QED) is 0.788. The van der Waals surface area contributed by atoms with E-state index in [9.17, 15) is 17.2 Å². The van der Waals surface area contributed by atoms with Crippen molar-refractivity contribution in [3.8, 4) is 0 Å². The summed E-state index contributed by atoms with van der Waals surface area (Å²) in [4.78, 5) is 1.42. The Morgan fingerprint density at radius 3 is 2.40 bits per heavy atom. The third kappa shape index (κ3) is 3.28. The van der Waals surface area contributed by atoms with E-state index in [1.54, 1.807) is 0 Å². The van der Waals surface area contributed by atoms with E-state index in [1.807, 2.05) is 4.90 Å². The summed E-state index contributed by atoms with van der Waals surface area (Å²) in [7, 11) is -3.99. The van der Waals surface area contributed by atoms with Crippen LogP contribution in [0.3, 0.4) is 0 Å². The highest BCUT2D eigenvalue weighted by atomic mass is 35.5. The zero-order valence-corrected chi connectivity index (χ0v) is 12.3. The third-order valence-electron chi connectivity index (χ3n) is 3.24. The molecule has 0 N–H and O–H groups in total. The molecule has 1 saturated heterocycles. The fourth-order valence-electron chi connectivity index (χ4n) is 2.13. The summed E-state index contributed by atoms with van der Waals surface area (Å²) in [6.45, 7) is 2.24. The number of rotatable bonds is 4. The minimum Gasteiger partial charge on any atom is -0.300 e. The molecule has 1 aromatic rings. The minimum absolute atomic E-state index is 0.245. The number of sulfonamides is 1. The predicted octanol–water partition coefficient (Wildman–Crippen LogP) is 1.51. The standard InChI is InChI=1S/C12H15ClF2N2O2S/c13-3-4-16-5-7-17(8-6-16)20(18,19)12-9-10(14)1-2-11(12)15/h1-2,9H,3-8H2. The summed E-state index contributed by atoms with van der Waals surface area (Å²) in [5, 5.41) is 0. The number of benzene rings is 1. The summed E-state index contributed by atoms with van der Waals surface area (Å²) in [6, 6.07) is 2.44. The van der Waals surface area contributed by atoms with Crippen LogP contribution in [0.25, 0.3) is 0 Å². The molecule has 8 heteroatoms. The van der Waals surface area contributed by atoms with Crippen molar-refractivity contribution in [3.05, 3.63) is 29.8 Å². The first kappa shape index (κ1) is 15.6. The normalized spacial score (nSPS) is 18.4. The Kier molecular flexibility index (Phi) is 4.95. The summed E-state index contributed by atoms with van der Waals surface area (Å²) < 4.78 is 52.5. The molecule has 0 saturated carbocycles. The van der Waals surface area contributed by atoms with E-state index in [1.165, 1.54) is 4.31 Å². The van der Waals surface area contributed by atoms with E-state index in [-0.39, 0.29) is 13.1 Å². The van der Waals surface area contributed by atoms with E-state index in [0.29, 0.717) is 25.5 Å². The Labute approximate surface area is 122 Å². The fourth-order valence-corrected chi connectivity index (χ4v) is 3.86. The van der Waals surface area contributed by atoms with Crippen LogP contribution in [-0.2, 0) is 10.0 Å². The van der Waals surface area contributed by atoms with Gasteiger partial charge in [0.2, 0.25) is 10.0 Å². The van der Waals surface area contributed by atoms with Crippen LogP contribution in [0.15, 0.2) is 23.1 Å². The van der Waals surface area contributed by atoms with Gasteiger partial charge < -0.3 is 0 Å². The molecule has 4 nitrogen and oxygen atoms in total. The monoisotopic (exact) mass is 324 g/mol. The van der Waals surface area contributed by atoms with Gasteiger partial charge in [-0.2, -0.15) is 4.31 Å². The summed E-state index contributed by atoms with van der Waals surface area (Å²) in [6.07, 6.45) is 0. The number of hydrogen-bond donors (Lipinski definition) is 0. The van der Waals surface area contributed by atoms with Crippen LogP contribution in [-0.4, -0.2) is 56.2 Å². The van der Waals surface area contributed by atoms with Gasteiger partial charge in [-0.1, -0.05) is 0 Å². The summed E-state index contributed by atoms with van der Waals surface area (Å²) >= 11 is 5.63. The highest BCUT2D eigenvalue weighted by Crippen LogP contribution is 2.21. The van der Waals surface area contributed by atoms with E-state index in [2.05, 4.69) is 0 Å². The number of alkyl halides is 1. The van der Waals surface area contributed by atoms with E-state index in [4.69, 9.17) is 11.6 Å². The molecule has 20 heavy (non-hydrogen) atoms. The third-order valence-corrected chi connectivity index (χ3v) is 5.33. The zero-order valence-electron chi connectivity index (χ0n) is 10.7. The van der Waals surface area contributed by atoms with Crippen LogP contribution in [0.1, 0.15) is 0 Å². The van der Waals surface area contributed by atoms with Gasteiger partial charge in [0.15, 0.2) is 0 Å². The van der Waals surface area contributed by atoms with Crippen LogP contribution in [0.5, 0.6) is 0 Å². The maximum absolute atomic E-state index is 13.6. The first-order valence-electron chi connectivity index (χ1n) is 6.18. The van der Waals surface area contributed by atoms with Crippen molar-refractivity contribution in [3.63, 3.8) is 0 Å². The van der Waals surface area contributed by atoms with Gasteiger partial charge in [0.1, 0.15) is 16.5 Å². The van der Waals surface area contributed by atoms with Crippen molar-refractivity contribution in [1.82, 2.24) is 9.21 Å². The zero-order chi connectivity index (χ0) is 14.8. The molecule has 1 aliphatic rings. The second kappa shape index (κ2) is 6.34. The first-order chi connectivity index (χ1) is 9.45. The summed E-state index contributed by atoms with van der Waals surface area (Å²) in [5.41, 5.74) is 0. The maximum Gasteiger partial charge on any atom is 0.246 e. The largest absolute Gasteiger partial charge is 0.300 e. The van der Waals surface area contributed by atoms with Crippen molar-refractivity contribution < 1.29 is 17.2 Å². The molecule has 1 fully saturated rings. The van der Waals surface area contributed by atoms with Crippen LogP contribution in [0, 0.1) is 11.6 Å². The number of halogens is 3. The van der Waals surface area contributed by atoms with Gasteiger partial charge in [-0.15, -0.1) is 11.6 Å². The van der Waals surface area contributed by atoms with Crippen molar-refractivity contribution in [2.45, 2.75) is 4.90 Å². The predicted molar refractivity (Wildman–Crippen MR) is 72.3 cm³/mol. The lowest BCUT2D eigenvalue weighted by Gasteiger charge is -2.33. The van der Waals surface area contributed by atoms with Crippen molar-refractivity contribution >= 4 is 21.6 Å². The smallest absolute Gasteiger partial charge is 0.246 e. The molecule has 0 amide bonds. The molecule has 2 rings (SSSR count). The topological polar surface area (TPSA) is 40.6 Å². The van der Waals surface area contributed by atoms with E-state index in [0.717, 1.165) is 18.2 Å². The molecular weight excluding hydrogens is 310 g/mol. The van der Waals surface area contributed by atoms with Gasteiger partial charge in [-0.05, 0) is 18.2 Å². The van der Waals surface area contributed by atoms with E-state index >= 15 is 0 Å². The molecule has 0 bridgehead atoms.